The van der Waals surface area contributed by atoms with E-state index in [0.29, 0.717) is 0 Å². The molecule has 0 saturated heterocycles. The molecule has 2 aliphatic rings. The van der Waals surface area contributed by atoms with Gasteiger partial charge in [-0.15, -0.1) is 11.3 Å². The van der Waals surface area contributed by atoms with E-state index in [1.807, 2.05) is 11.3 Å². The Bertz CT molecular complexity index is 4390. The molecule has 79 heavy (non-hydrogen) atoms. The minimum atomic E-state index is -0.0901. The van der Waals surface area contributed by atoms with E-state index in [9.17, 15) is 0 Å². The lowest BCUT2D eigenvalue weighted by molar-refractivity contribution is 0.590. The number of anilines is 6. The van der Waals surface area contributed by atoms with Crippen LogP contribution in [-0.2, 0) is 16.2 Å². The second kappa shape index (κ2) is 17.8. The van der Waals surface area contributed by atoms with Gasteiger partial charge in [-0.25, -0.2) is 0 Å². The Labute approximate surface area is 471 Å². The molecule has 0 amide bonds. The molecule has 2 aliphatic heterocycles. The summed E-state index contributed by atoms with van der Waals surface area (Å²) in [5.41, 5.74) is 22.5. The molecule has 2 nitrogen and oxygen atoms in total. The average molecular weight is 1040 g/mol. The molecule has 0 radical (unpaired) electrons. The average Bonchev–Trinajstić information content (AvgIpc) is 4.00. The molecule has 12 aromatic rings. The van der Waals surface area contributed by atoms with Crippen LogP contribution in [0.4, 0.5) is 34.1 Å². The van der Waals surface area contributed by atoms with Crippen molar-refractivity contribution in [2.24, 2.45) is 0 Å². The number of nitrogens with zero attached hydrogens (tertiary/aromatic N) is 2. The van der Waals surface area contributed by atoms with Gasteiger partial charge in [0.15, 0.2) is 0 Å². The van der Waals surface area contributed by atoms with Crippen molar-refractivity contribution < 1.29 is 0 Å². The Kier molecular flexibility index (Phi) is 11.1. The zero-order valence-corrected chi connectivity index (χ0v) is 48.3. The molecule has 386 valence electrons. The SMILES string of the molecule is CC(C)c1cc2c3c(c1)N(c1ccc(C(C)(C)C)cc1-c1ccccc1)c1c(sc4ccc(C(C)(C)C)cc14)B3c1cc(-c3ccccc3)ccc1N2c1ccc(C(C)(C)C)cc1-c1ccc2ccc3cccc4ccc1c2c34. The van der Waals surface area contributed by atoms with Gasteiger partial charge in [-0.1, -0.05) is 222 Å². The zero-order valence-electron chi connectivity index (χ0n) is 47.5. The van der Waals surface area contributed by atoms with E-state index in [4.69, 9.17) is 0 Å². The Morgan fingerprint density at radius 3 is 1.58 bits per heavy atom. The molecule has 4 heteroatoms. The van der Waals surface area contributed by atoms with Crippen LogP contribution in [0.2, 0.25) is 0 Å². The van der Waals surface area contributed by atoms with Gasteiger partial charge in [-0.3, -0.25) is 0 Å². The first-order valence-corrected chi connectivity index (χ1v) is 29.3. The smallest absolute Gasteiger partial charge is 0.264 e. The third-order valence-corrected chi connectivity index (χ3v) is 18.7. The summed E-state index contributed by atoms with van der Waals surface area (Å²) < 4.78 is 2.69. The van der Waals surface area contributed by atoms with Crippen LogP contribution < -0.4 is 25.5 Å². The normalized spacial score (nSPS) is 13.5. The van der Waals surface area contributed by atoms with E-state index in [1.54, 1.807) is 0 Å². The fourth-order valence-corrected chi connectivity index (χ4v) is 14.4. The summed E-state index contributed by atoms with van der Waals surface area (Å²) in [5.74, 6) is 0.246. The quantitative estimate of drug-likeness (QED) is 0.121. The highest BCUT2D eigenvalue weighted by molar-refractivity contribution is 7.33. The lowest BCUT2D eigenvalue weighted by Crippen LogP contribution is -2.60. The van der Waals surface area contributed by atoms with Crippen LogP contribution in [0, 0.1) is 0 Å². The maximum absolute atomic E-state index is 2.71. The second-order valence-electron chi connectivity index (χ2n) is 25.9. The van der Waals surface area contributed by atoms with Gasteiger partial charge >= 0.3 is 0 Å². The van der Waals surface area contributed by atoms with Crippen molar-refractivity contribution in [3.8, 4) is 33.4 Å². The predicted molar refractivity (Wildman–Crippen MR) is 346 cm³/mol. The Morgan fingerprint density at radius 2 is 0.937 bits per heavy atom. The Hall–Kier alpha value is -7.92. The maximum atomic E-state index is 2.71. The highest BCUT2D eigenvalue weighted by Gasteiger charge is 2.47. The highest BCUT2D eigenvalue weighted by Crippen LogP contribution is 2.54. The summed E-state index contributed by atoms with van der Waals surface area (Å²) in [6.45, 7) is 25.8. The molecule has 0 bridgehead atoms. The lowest BCUT2D eigenvalue weighted by atomic mass is 9.36. The van der Waals surface area contributed by atoms with Gasteiger partial charge in [-0.2, -0.15) is 0 Å². The van der Waals surface area contributed by atoms with Gasteiger partial charge in [0, 0.05) is 43.1 Å². The summed E-state index contributed by atoms with van der Waals surface area (Å²) >= 11 is 1.99. The van der Waals surface area contributed by atoms with Crippen LogP contribution in [0.25, 0.3) is 75.8 Å². The van der Waals surface area contributed by atoms with Crippen LogP contribution >= 0.6 is 11.3 Å². The summed E-state index contributed by atoms with van der Waals surface area (Å²) in [6, 6.07) is 77.5. The molecule has 0 saturated carbocycles. The van der Waals surface area contributed by atoms with Crippen LogP contribution in [-0.4, -0.2) is 6.71 Å². The number of hydrogen-bond donors (Lipinski definition) is 0. The first-order valence-electron chi connectivity index (χ1n) is 28.5. The largest absolute Gasteiger partial charge is 0.311 e. The van der Waals surface area contributed by atoms with E-state index >= 15 is 0 Å². The van der Waals surface area contributed by atoms with Gasteiger partial charge in [-0.05, 0) is 165 Å². The monoisotopic (exact) mass is 1040 g/mol. The van der Waals surface area contributed by atoms with Crippen molar-refractivity contribution in [3.63, 3.8) is 0 Å². The summed E-state index contributed by atoms with van der Waals surface area (Å²) in [5, 5.41) is 9.10. The molecule has 14 rings (SSSR count). The van der Waals surface area contributed by atoms with Crippen molar-refractivity contribution in [1.82, 2.24) is 0 Å². The number of hydrogen-bond acceptors (Lipinski definition) is 3. The second-order valence-corrected chi connectivity index (χ2v) is 27.0. The Morgan fingerprint density at radius 1 is 0.392 bits per heavy atom. The number of fused-ring (bicyclic) bond motifs is 6. The third kappa shape index (κ3) is 7.88. The van der Waals surface area contributed by atoms with Crippen molar-refractivity contribution >= 4 is 110 Å². The van der Waals surface area contributed by atoms with E-state index in [0.717, 1.165) is 0 Å². The number of rotatable bonds is 6. The third-order valence-electron chi connectivity index (χ3n) is 17.4. The molecule has 3 heterocycles. The van der Waals surface area contributed by atoms with Gasteiger partial charge < -0.3 is 9.80 Å². The summed E-state index contributed by atoms with van der Waals surface area (Å²) in [7, 11) is 0. The fraction of sp³-hybridized carbons (Fsp3) is 0.200. The molecule has 0 fully saturated rings. The minimum absolute atomic E-state index is 0.0422. The van der Waals surface area contributed by atoms with Crippen LogP contribution in [0.15, 0.2) is 200 Å². The van der Waals surface area contributed by atoms with Crippen molar-refractivity contribution in [2.45, 2.75) is 98.3 Å². The van der Waals surface area contributed by atoms with Crippen molar-refractivity contribution in [1.29, 1.82) is 0 Å². The van der Waals surface area contributed by atoms with Crippen LogP contribution in [0.5, 0.6) is 0 Å². The predicted octanol–water partition coefficient (Wildman–Crippen LogP) is 19.9. The standard InChI is InChI=1S/C75H67BN2S/c1-45(2)52-40-65-70-66(41-52)78(62-36-30-53(73(3,4)5)42-58(62)47-21-16-13-17-22-47)71-60-44-55(75(9,10)11)32-38-67(60)79-72(71)76(70)61-39-51(46-19-14-12-15-20-46)29-35-64(61)77(65)63-37-31-54(74(6,7)8)43-59(63)56-33-27-50-26-25-48-23-18-24-49-28-34-57(56)69(50)68(48)49/h12-45H,1-11H3. The molecule has 0 unspecified atom stereocenters. The van der Waals surface area contributed by atoms with Crippen molar-refractivity contribution in [2.75, 3.05) is 9.80 Å². The maximum Gasteiger partial charge on any atom is 0.264 e. The molecular weight excluding hydrogens is 972 g/mol. The van der Waals surface area contributed by atoms with Gasteiger partial charge in [0.2, 0.25) is 0 Å². The lowest BCUT2D eigenvalue weighted by Gasteiger charge is -2.44. The highest BCUT2D eigenvalue weighted by atomic mass is 32.1. The van der Waals surface area contributed by atoms with Gasteiger partial charge in [0.25, 0.3) is 6.71 Å². The minimum Gasteiger partial charge on any atom is -0.311 e. The first kappa shape index (κ1) is 49.4. The molecule has 0 atom stereocenters. The van der Waals surface area contributed by atoms with E-state index in [-0.39, 0.29) is 28.9 Å². The molecule has 0 spiro atoms. The van der Waals surface area contributed by atoms with Gasteiger partial charge in [0.05, 0.1) is 17.1 Å². The molecule has 0 aliphatic carbocycles. The first-order chi connectivity index (χ1) is 37.9. The zero-order chi connectivity index (χ0) is 54.4. The van der Waals surface area contributed by atoms with Crippen molar-refractivity contribution in [3.05, 3.63) is 222 Å². The molecule has 11 aromatic carbocycles. The van der Waals surface area contributed by atoms with Gasteiger partial charge in [0.1, 0.15) is 0 Å². The van der Waals surface area contributed by atoms with E-state index in [2.05, 4.69) is 286 Å². The van der Waals surface area contributed by atoms with E-state index < -0.39 is 0 Å². The fourth-order valence-electron chi connectivity index (χ4n) is 13.1. The summed E-state index contributed by atoms with van der Waals surface area (Å²) in [4.78, 5) is 5.39. The van der Waals surface area contributed by atoms with Crippen LogP contribution in [0.3, 0.4) is 0 Å². The Balaban J connectivity index is 1.13. The topological polar surface area (TPSA) is 6.48 Å². The summed E-state index contributed by atoms with van der Waals surface area (Å²) in [6.07, 6.45) is 0. The van der Waals surface area contributed by atoms with Crippen LogP contribution in [0.1, 0.15) is 104 Å². The van der Waals surface area contributed by atoms with E-state index in [1.165, 1.54) is 148 Å². The molecule has 1 aromatic heterocycles. The molecule has 0 N–H and O–H groups in total. The molecular formula is C75H67BN2S. The number of benzene rings is 11. The number of thiophene rings is 1.